The third-order valence-electron chi connectivity index (χ3n) is 4.36. The van der Waals surface area contributed by atoms with Gasteiger partial charge < -0.3 is 10.1 Å². The predicted molar refractivity (Wildman–Crippen MR) is 107 cm³/mol. The van der Waals surface area contributed by atoms with E-state index in [0.717, 1.165) is 4.88 Å². The molecule has 1 aromatic carbocycles. The molecule has 146 valence electrons. The Hall–Kier alpha value is -1.61. The van der Waals surface area contributed by atoms with E-state index in [9.17, 15) is 13.2 Å². The number of rotatable bonds is 6. The second-order valence-electron chi connectivity index (χ2n) is 6.39. The van der Waals surface area contributed by atoms with Crippen LogP contribution >= 0.6 is 22.9 Å². The summed E-state index contributed by atoms with van der Waals surface area (Å²) in [5, 5.41) is 5.19. The monoisotopic (exact) mass is 428 g/mol. The smallest absolute Gasteiger partial charge is 0.251 e. The Bertz CT molecular complexity index is 892. The van der Waals surface area contributed by atoms with E-state index < -0.39 is 10.0 Å². The van der Waals surface area contributed by atoms with Crippen molar-refractivity contribution in [1.82, 2.24) is 9.62 Å². The number of piperidine rings is 1. The maximum absolute atomic E-state index is 12.3. The number of hydrogen-bond acceptors (Lipinski definition) is 5. The summed E-state index contributed by atoms with van der Waals surface area (Å²) >= 11 is 7.87. The first kappa shape index (κ1) is 20.1. The summed E-state index contributed by atoms with van der Waals surface area (Å²) in [4.78, 5) is 13.3. The molecule has 1 aromatic heterocycles. The predicted octanol–water partition coefficient (Wildman–Crippen LogP) is 3.13. The van der Waals surface area contributed by atoms with Crippen molar-refractivity contribution in [3.63, 3.8) is 0 Å². The van der Waals surface area contributed by atoms with Crippen molar-refractivity contribution in [2.24, 2.45) is 0 Å². The molecule has 2 heterocycles. The summed E-state index contributed by atoms with van der Waals surface area (Å²) in [5.74, 6) is 0.308. The first-order valence-electron chi connectivity index (χ1n) is 8.55. The van der Waals surface area contributed by atoms with Crippen LogP contribution in [-0.4, -0.2) is 44.1 Å². The number of benzene rings is 1. The Labute approximate surface area is 168 Å². The number of halogens is 1. The molecule has 0 saturated carbocycles. The zero-order valence-electron chi connectivity index (χ0n) is 14.9. The average molecular weight is 429 g/mol. The zero-order valence-corrected chi connectivity index (χ0v) is 17.2. The Kier molecular flexibility index (Phi) is 6.41. The summed E-state index contributed by atoms with van der Waals surface area (Å²) in [6.07, 6.45) is 2.32. The van der Waals surface area contributed by atoms with Crippen molar-refractivity contribution in [2.45, 2.75) is 25.5 Å². The summed E-state index contributed by atoms with van der Waals surface area (Å²) in [6.45, 7) is 1.35. The second kappa shape index (κ2) is 8.60. The minimum Gasteiger partial charge on any atom is -0.489 e. The molecule has 1 aliphatic heterocycles. The highest BCUT2D eigenvalue weighted by atomic mass is 35.5. The maximum Gasteiger partial charge on any atom is 0.251 e. The number of carbonyl (C=O) groups is 1. The highest BCUT2D eigenvalue weighted by Crippen LogP contribution is 2.29. The van der Waals surface area contributed by atoms with Crippen molar-refractivity contribution in [3.8, 4) is 5.75 Å². The standard InChI is InChI=1S/C18H21ClN2O4S2/c1-27(23,24)21-8-6-14(7-9-21)25-17-5-4-13(11-16(17)19)18(22)20-12-15-3-2-10-26-15/h2-5,10-11,14H,6-9,12H2,1H3,(H,20,22). The summed E-state index contributed by atoms with van der Waals surface area (Å²) in [7, 11) is -3.16. The second-order valence-corrected chi connectivity index (χ2v) is 9.81. The lowest BCUT2D eigenvalue weighted by Crippen LogP contribution is -2.41. The fourth-order valence-corrected chi connectivity index (χ4v) is 4.63. The van der Waals surface area contributed by atoms with Crippen LogP contribution in [0.3, 0.4) is 0 Å². The van der Waals surface area contributed by atoms with Crippen molar-refractivity contribution in [2.75, 3.05) is 19.3 Å². The van der Waals surface area contributed by atoms with Crippen LogP contribution in [0.2, 0.25) is 5.02 Å². The minimum absolute atomic E-state index is 0.0981. The molecule has 0 aliphatic carbocycles. The molecule has 2 aromatic rings. The molecule has 0 spiro atoms. The van der Waals surface area contributed by atoms with Gasteiger partial charge in [-0.25, -0.2) is 12.7 Å². The third kappa shape index (κ3) is 5.44. The molecule has 0 bridgehead atoms. The normalized spacial score (nSPS) is 16.2. The molecule has 1 saturated heterocycles. The number of thiophene rings is 1. The van der Waals surface area contributed by atoms with Crippen LogP contribution in [0.25, 0.3) is 0 Å². The molecule has 1 fully saturated rings. The molecule has 0 radical (unpaired) electrons. The zero-order chi connectivity index (χ0) is 19.4. The Morgan fingerprint density at radius 2 is 2.07 bits per heavy atom. The Balaban J connectivity index is 1.56. The van der Waals surface area contributed by atoms with Gasteiger partial charge in [-0.1, -0.05) is 17.7 Å². The largest absolute Gasteiger partial charge is 0.489 e. The Morgan fingerprint density at radius 3 is 2.67 bits per heavy atom. The van der Waals surface area contributed by atoms with Gasteiger partial charge in [-0.2, -0.15) is 0 Å². The van der Waals surface area contributed by atoms with Crippen LogP contribution in [0.15, 0.2) is 35.7 Å². The van der Waals surface area contributed by atoms with Crippen LogP contribution in [0.5, 0.6) is 5.75 Å². The molecule has 1 amide bonds. The summed E-state index contributed by atoms with van der Waals surface area (Å²) < 4.78 is 30.5. The average Bonchev–Trinajstić information content (AvgIpc) is 3.14. The van der Waals surface area contributed by atoms with E-state index in [1.165, 1.54) is 10.6 Å². The van der Waals surface area contributed by atoms with Crippen LogP contribution in [0.4, 0.5) is 0 Å². The van der Waals surface area contributed by atoms with Crippen molar-refractivity contribution in [3.05, 3.63) is 51.2 Å². The van der Waals surface area contributed by atoms with Gasteiger partial charge in [0.25, 0.3) is 5.91 Å². The SMILES string of the molecule is CS(=O)(=O)N1CCC(Oc2ccc(C(=O)NCc3cccs3)cc2Cl)CC1. The van der Waals surface area contributed by atoms with Crippen molar-refractivity contribution in [1.29, 1.82) is 0 Å². The number of sulfonamides is 1. The number of nitrogens with zero attached hydrogens (tertiary/aromatic N) is 1. The van der Waals surface area contributed by atoms with E-state index >= 15 is 0 Å². The van der Waals surface area contributed by atoms with Crippen LogP contribution in [0, 0.1) is 0 Å². The van der Waals surface area contributed by atoms with E-state index in [1.54, 1.807) is 29.5 Å². The van der Waals surface area contributed by atoms with Gasteiger partial charge >= 0.3 is 0 Å². The van der Waals surface area contributed by atoms with Crippen molar-refractivity contribution >= 4 is 38.9 Å². The van der Waals surface area contributed by atoms with Gasteiger partial charge in [0.05, 0.1) is 17.8 Å². The van der Waals surface area contributed by atoms with E-state index in [2.05, 4.69) is 5.32 Å². The van der Waals surface area contributed by atoms with Crippen LogP contribution < -0.4 is 10.1 Å². The molecule has 1 aliphatic rings. The van der Waals surface area contributed by atoms with Gasteiger partial charge in [-0.3, -0.25) is 4.79 Å². The fourth-order valence-electron chi connectivity index (χ4n) is 2.88. The number of ether oxygens (including phenoxy) is 1. The lowest BCUT2D eigenvalue weighted by Gasteiger charge is -2.30. The van der Waals surface area contributed by atoms with Crippen LogP contribution in [-0.2, 0) is 16.6 Å². The lowest BCUT2D eigenvalue weighted by molar-refractivity contribution is 0.0951. The number of carbonyl (C=O) groups excluding carboxylic acids is 1. The van der Waals surface area contributed by atoms with Gasteiger partial charge in [0.2, 0.25) is 10.0 Å². The van der Waals surface area contributed by atoms with E-state index in [-0.39, 0.29) is 12.0 Å². The molecule has 9 heteroatoms. The molecular formula is C18H21ClN2O4S2. The van der Waals surface area contributed by atoms with E-state index in [0.29, 0.717) is 48.8 Å². The molecule has 0 unspecified atom stereocenters. The Morgan fingerprint density at radius 1 is 1.33 bits per heavy atom. The maximum atomic E-state index is 12.3. The minimum atomic E-state index is -3.16. The quantitative estimate of drug-likeness (QED) is 0.766. The molecular weight excluding hydrogens is 408 g/mol. The molecule has 0 atom stereocenters. The van der Waals surface area contributed by atoms with Gasteiger partial charge in [-0.05, 0) is 42.5 Å². The molecule has 27 heavy (non-hydrogen) atoms. The fraction of sp³-hybridized carbons (Fsp3) is 0.389. The number of hydrogen-bond donors (Lipinski definition) is 1. The number of amides is 1. The van der Waals surface area contributed by atoms with E-state index in [1.807, 2.05) is 17.5 Å². The van der Waals surface area contributed by atoms with Gasteiger partial charge in [0, 0.05) is 23.5 Å². The first-order chi connectivity index (χ1) is 12.8. The lowest BCUT2D eigenvalue weighted by atomic mass is 10.1. The van der Waals surface area contributed by atoms with Crippen LogP contribution in [0.1, 0.15) is 28.1 Å². The highest BCUT2D eigenvalue weighted by molar-refractivity contribution is 7.88. The van der Waals surface area contributed by atoms with Gasteiger partial charge in [0.1, 0.15) is 11.9 Å². The number of nitrogens with one attached hydrogen (secondary N) is 1. The first-order valence-corrected chi connectivity index (χ1v) is 11.7. The van der Waals surface area contributed by atoms with E-state index in [4.69, 9.17) is 16.3 Å². The van der Waals surface area contributed by atoms with Gasteiger partial charge in [-0.15, -0.1) is 11.3 Å². The molecule has 3 rings (SSSR count). The molecule has 6 nitrogen and oxygen atoms in total. The topological polar surface area (TPSA) is 75.7 Å². The van der Waals surface area contributed by atoms with Crippen molar-refractivity contribution < 1.29 is 17.9 Å². The highest BCUT2D eigenvalue weighted by Gasteiger charge is 2.26. The summed E-state index contributed by atoms with van der Waals surface area (Å²) in [6, 6.07) is 8.85. The van der Waals surface area contributed by atoms with Gasteiger partial charge in [0.15, 0.2) is 0 Å². The third-order valence-corrected chi connectivity index (χ3v) is 6.84. The summed E-state index contributed by atoms with van der Waals surface area (Å²) in [5.41, 5.74) is 0.468. The molecule has 1 N–H and O–H groups in total.